The molecule has 1 heterocycles. The number of benzene rings is 1. The minimum absolute atomic E-state index is 0.105. The molecule has 0 amide bonds. The van der Waals surface area contributed by atoms with Crippen LogP contribution in [0.4, 0.5) is 0 Å². The lowest BCUT2D eigenvalue weighted by Gasteiger charge is -2.29. The summed E-state index contributed by atoms with van der Waals surface area (Å²) in [5.74, 6) is 2.92. The van der Waals surface area contributed by atoms with Crippen LogP contribution in [-0.4, -0.2) is 48.3 Å². The second-order valence-corrected chi connectivity index (χ2v) is 4.27. The lowest BCUT2D eigenvalue weighted by molar-refractivity contribution is -0.138. The molecule has 1 aliphatic heterocycles. The molecule has 0 aliphatic carbocycles. The van der Waals surface area contributed by atoms with Crippen molar-refractivity contribution in [3.63, 3.8) is 0 Å². The number of hydrogen-bond donors (Lipinski definition) is 1. The van der Waals surface area contributed by atoms with E-state index >= 15 is 0 Å². The highest BCUT2D eigenvalue weighted by Crippen LogP contribution is 2.30. The Bertz CT molecular complexity index is 494. The Morgan fingerprint density at radius 2 is 2.21 bits per heavy atom. The van der Waals surface area contributed by atoms with Gasteiger partial charge in [-0.3, -0.25) is 9.69 Å². The summed E-state index contributed by atoms with van der Waals surface area (Å²) < 4.78 is 11.3. The second-order valence-electron chi connectivity index (χ2n) is 4.27. The van der Waals surface area contributed by atoms with Crippen molar-refractivity contribution < 1.29 is 19.4 Å². The maximum atomic E-state index is 10.7. The molecule has 5 heteroatoms. The largest absolute Gasteiger partial charge is 0.486 e. The first-order valence-corrected chi connectivity index (χ1v) is 5.95. The van der Waals surface area contributed by atoms with Crippen molar-refractivity contribution in [3.8, 4) is 23.8 Å². The molecule has 0 aromatic heterocycles. The standard InChI is InChI=1S/C14H15NO4/c1-2-7-15(9-14(16)17)8-11-10-18-12-5-3-4-6-13(12)19-11/h1,3-6,11H,7-10H2,(H,16,17). The van der Waals surface area contributed by atoms with Crippen LogP contribution in [0, 0.1) is 12.3 Å². The lowest BCUT2D eigenvalue weighted by Crippen LogP contribution is -2.43. The van der Waals surface area contributed by atoms with Gasteiger partial charge in [-0.1, -0.05) is 18.1 Å². The number of carboxylic acids is 1. The molecule has 100 valence electrons. The molecule has 1 N–H and O–H groups in total. The number of hydrogen-bond acceptors (Lipinski definition) is 4. The number of rotatable bonds is 5. The van der Waals surface area contributed by atoms with Crippen molar-refractivity contribution in [1.82, 2.24) is 4.90 Å². The van der Waals surface area contributed by atoms with Crippen LogP contribution < -0.4 is 9.47 Å². The zero-order valence-corrected chi connectivity index (χ0v) is 10.4. The fourth-order valence-electron chi connectivity index (χ4n) is 1.95. The van der Waals surface area contributed by atoms with Gasteiger partial charge in [0.05, 0.1) is 13.1 Å². The van der Waals surface area contributed by atoms with Crippen molar-refractivity contribution in [3.05, 3.63) is 24.3 Å². The van der Waals surface area contributed by atoms with Crippen LogP contribution in [0.25, 0.3) is 0 Å². The first-order valence-electron chi connectivity index (χ1n) is 5.95. The Morgan fingerprint density at radius 1 is 1.47 bits per heavy atom. The number of para-hydroxylation sites is 2. The molecule has 1 atom stereocenters. The van der Waals surface area contributed by atoms with Crippen LogP contribution in [0.2, 0.25) is 0 Å². The quantitative estimate of drug-likeness (QED) is 0.796. The third-order valence-electron chi connectivity index (χ3n) is 2.70. The third kappa shape index (κ3) is 3.63. The van der Waals surface area contributed by atoms with Crippen molar-refractivity contribution in [2.24, 2.45) is 0 Å². The maximum Gasteiger partial charge on any atom is 0.317 e. The number of terminal acetylenes is 1. The first-order chi connectivity index (χ1) is 9.19. The van der Waals surface area contributed by atoms with Crippen molar-refractivity contribution in [2.75, 3.05) is 26.2 Å². The molecular formula is C14H15NO4. The van der Waals surface area contributed by atoms with Gasteiger partial charge in [0.25, 0.3) is 0 Å². The molecule has 0 fully saturated rings. The predicted molar refractivity (Wildman–Crippen MR) is 69.3 cm³/mol. The highest BCUT2D eigenvalue weighted by molar-refractivity contribution is 5.69. The summed E-state index contributed by atoms with van der Waals surface area (Å²) in [5.41, 5.74) is 0. The summed E-state index contributed by atoms with van der Waals surface area (Å²) in [6.07, 6.45) is 5.01. The Kier molecular flexibility index (Phi) is 4.26. The molecule has 19 heavy (non-hydrogen) atoms. The summed E-state index contributed by atoms with van der Waals surface area (Å²) >= 11 is 0. The van der Waals surface area contributed by atoms with Gasteiger partial charge in [-0.25, -0.2) is 0 Å². The van der Waals surface area contributed by atoms with Gasteiger partial charge in [-0.15, -0.1) is 6.42 Å². The van der Waals surface area contributed by atoms with Crippen molar-refractivity contribution in [2.45, 2.75) is 6.10 Å². The fraction of sp³-hybridized carbons (Fsp3) is 0.357. The molecule has 0 bridgehead atoms. The van der Waals surface area contributed by atoms with Gasteiger partial charge in [-0.05, 0) is 12.1 Å². The van der Waals surface area contributed by atoms with E-state index in [-0.39, 0.29) is 19.2 Å². The van der Waals surface area contributed by atoms with E-state index in [1.807, 2.05) is 24.3 Å². The topological polar surface area (TPSA) is 59.0 Å². The summed E-state index contributed by atoms with van der Waals surface area (Å²) in [6, 6.07) is 7.39. The minimum atomic E-state index is -0.910. The van der Waals surface area contributed by atoms with Gasteiger partial charge < -0.3 is 14.6 Å². The van der Waals surface area contributed by atoms with E-state index in [9.17, 15) is 4.79 Å². The Hall–Kier alpha value is -2.19. The van der Waals surface area contributed by atoms with E-state index < -0.39 is 5.97 Å². The smallest absolute Gasteiger partial charge is 0.317 e. The van der Waals surface area contributed by atoms with Gasteiger partial charge in [-0.2, -0.15) is 0 Å². The van der Waals surface area contributed by atoms with Gasteiger partial charge >= 0.3 is 5.97 Å². The number of nitrogens with zero attached hydrogens (tertiary/aromatic N) is 1. The predicted octanol–water partition coefficient (Wildman–Crippen LogP) is 0.846. The van der Waals surface area contributed by atoms with Crippen LogP contribution >= 0.6 is 0 Å². The minimum Gasteiger partial charge on any atom is -0.486 e. The molecule has 0 radical (unpaired) electrons. The second kappa shape index (κ2) is 6.12. The van der Waals surface area contributed by atoms with Gasteiger partial charge in [0.1, 0.15) is 12.7 Å². The molecule has 2 rings (SSSR count). The number of carbonyl (C=O) groups is 1. The van der Waals surface area contributed by atoms with E-state index in [0.717, 1.165) is 0 Å². The highest BCUT2D eigenvalue weighted by Gasteiger charge is 2.23. The zero-order chi connectivity index (χ0) is 13.7. The Morgan fingerprint density at radius 3 is 2.89 bits per heavy atom. The number of ether oxygens (including phenoxy) is 2. The average Bonchev–Trinajstić information content (AvgIpc) is 2.38. The maximum absolute atomic E-state index is 10.7. The van der Waals surface area contributed by atoms with Crippen LogP contribution in [0.3, 0.4) is 0 Å². The van der Waals surface area contributed by atoms with Gasteiger partial charge in [0.2, 0.25) is 0 Å². The molecule has 5 nitrogen and oxygen atoms in total. The normalized spacial score (nSPS) is 16.9. The lowest BCUT2D eigenvalue weighted by atomic mass is 10.2. The SMILES string of the molecule is C#CCN(CC(=O)O)CC1COc2ccccc2O1. The monoisotopic (exact) mass is 261 g/mol. The fourth-order valence-corrected chi connectivity index (χ4v) is 1.95. The highest BCUT2D eigenvalue weighted by atomic mass is 16.6. The van der Waals surface area contributed by atoms with E-state index in [1.165, 1.54) is 0 Å². The van der Waals surface area contributed by atoms with E-state index in [4.69, 9.17) is 21.0 Å². The number of aliphatic carboxylic acids is 1. The Balaban J connectivity index is 1.96. The molecule has 0 spiro atoms. The molecule has 1 aliphatic rings. The first kappa shape index (κ1) is 13.2. The van der Waals surface area contributed by atoms with E-state index in [1.54, 1.807) is 4.90 Å². The van der Waals surface area contributed by atoms with Gasteiger partial charge in [0.15, 0.2) is 11.5 Å². The summed E-state index contributed by atoms with van der Waals surface area (Å²) in [7, 11) is 0. The van der Waals surface area contributed by atoms with E-state index in [0.29, 0.717) is 24.7 Å². The molecule has 0 saturated carbocycles. The van der Waals surface area contributed by atoms with Crippen molar-refractivity contribution >= 4 is 5.97 Å². The van der Waals surface area contributed by atoms with Crippen molar-refractivity contribution in [1.29, 1.82) is 0 Å². The van der Waals surface area contributed by atoms with Crippen LogP contribution in [0.5, 0.6) is 11.5 Å². The zero-order valence-electron chi connectivity index (χ0n) is 10.4. The van der Waals surface area contributed by atoms with Crippen LogP contribution in [0.15, 0.2) is 24.3 Å². The van der Waals surface area contributed by atoms with E-state index in [2.05, 4.69) is 5.92 Å². The molecule has 1 aromatic rings. The Labute approximate surface area is 111 Å². The molecular weight excluding hydrogens is 246 g/mol. The average molecular weight is 261 g/mol. The third-order valence-corrected chi connectivity index (χ3v) is 2.70. The van der Waals surface area contributed by atoms with Gasteiger partial charge in [0, 0.05) is 6.54 Å². The molecule has 0 saturated heterocycles. The van der Waals surface area contributed by atoms with Crippen LogP contribution in [0.1, 0.15) is 0 Å². The summed E-state index contributed by atoms with van der Waals surface area (Å²) in [5, 5.41) is 8.82. The number of fused-ring (bicyclic) bond motifs is 1. The number of carboxylic acid groups (broad SMARTS) is 1. The summed E-state index contributed by atoms with van der Waals surface area (Å²) in [4.78, 5) is 12.4. The van der Waals surface area contributed by atoms with Crippen LogP contribution in [-0.2, 0) is 4.79 Å². The summed E-state index contributed by atoms with van der Waals surface area (Å²) in [6.45, 7) is 0.974. The molecule has 1 unspecified atom stereocenters. The molecule has 1 aromatic carbocycles.